The molecule has 1 heterocycles. The summed E-state index contributed by atoms with van der Waals surface area (Å²) in [6.07, 6.45) is 0.845. The van der Waals surface area contributed by atoms with E-state index in [1.807, 2.05) is 25.1 Å². The number of carbonyl (C=O) groups excluding carboxylic acids is 1. The van der Waals surface area contributed by atoms with Crippen LogP contribution in [0.4, 0.5) is 0 Å². The molecule has 0 aliphatic rings. The van der Waals surface area contributed by atoms with E-state index < -0.39 is 0 Å². The third-order valence-electron chi connectivity index (χ3n) is 3.18. The van der Waals surface area contributed by atoms with Crippen LogP contribution in [0.1, 0.15) is 17.7 Å². The lowest BCUT2D eigenvalue weighted by atomic mass is 10.0. The van der Waals surface area contributed by atoms with Gasteiger partial charge in [0.25, 0.3) is 0 Å². The Balaban J connectivity index is 2.68. The number of amides is 1. The summed E-state index contributed by atoms with van der Waals surface area (Å²) in [5, 5.41) is 0.874. The number of hydrogen-bond acceptors (Lipinski definition) is 4. The van der Waals surface area contributed by atoms with Crippen LogP contribution in [-0.2, 0) is 11.2 Å². The van der Waals surface area contributed by atoms with Crippen LogP contribution in [0.15, 0.2) is 18.2 Å². The number of ether oxygens (including phenoxy) is 2. The number of carbonyl (C=O) groups is 1. The van der Waals surface area contributed by atoms with Crippen molar-refractivity contribution < 1.29 is 14.3 Å². The van der Waals surface area contributed by atoms with E-state index in [1.54, 1.807) is 14.2 Å². The van der Waals surface area contributed by atoms with E-state index >= 15 is 0 Å². The smallest absolute Gasteiger partial charge is 0.217 e. The van der Waals surface area contributed by atoms with Crippen LogP contribution in [0, 0.1) is 6.92 Å². The molecule has 0 aliphatic carbocycles. The number of benzene rings is 1. The highest BCUT2D eigenvalue weighted by atomic mass is 16.5. The van der Waals surface area contributed by atoms with Gasteiger partial charge >= 0.3 is 0 Å². The van der Waals surface area contributed by atoms with Gasteiger partial charge in [-0.25, -0.2) is 4.98 Å². The molecule has 1 aromatic heterocycles. The van der Waals surface area contributed by atoms with E-state index in [2.05, 4.69) is 4.98 Å². The van der Waals surface area contributed by atoms with Gasteiger partial charge < -0.3 is 15.2 Å². The maximum atomic E-state index is 11.0. The molecule has 0 radical (unpaired) electrons. The first kappa shape index (κ1) is 14.1. The summed E-state index contributed by atoms with van der Waals surface area (Å²) in [6, 6.07) is 5.62. The van der Waals surface area contributed by atoms with Crippen molar-refractivity contribution in [2.75, 3.05) is 14.2 Å². The summed E-state index contributed by atoms with van der Waals surface area (Å²) in [5.74, 6) is 1.08. The van der Waals surface area contributed by atoms with Gasteiger partial charge in [0.05, 0.1) is 14.2 Å². The predicted molar refractivity (Wildman–Crippen MR) is 77.1 cm³/mol. The van der Waals surface area contributed by atoms with Crippen LogP contribution in [0.5, 0.6) is 11.5 Å². The highest BCUT2D eigenvalue weighted by molar-refractivity contribution is 5.93. The molecule has 20 heavy (non-hydrogen) atoms. The van der Waals surface area contributed by atoms with Crippen molar-refractivity contribution in [2.45, 2.75) is 19.8 Å². The lowest BCUT2D eigenvalue weighted by molar-refractivity contribution is -0.117. The molecule has 5 heteroatoms. The zero-order chi connectivity index (χ0) is 14.7. The van der Waals surface area contributed by atoms with Gasteiger partial charge in [-0.3, -0.25) is 4.79 Å². The van der Waals surface area contributed by atoms with Crippen LogP contribution in [0.25, 0.3) is 10.9 Å². The van der Waals surface area contributed by atoms with E-state index in [0.29, 0.717) is 24.3 Å². The molecule has 0 saturated heterocycles. The number of primary amides is 1. The van der Waals surface area contributed by atoms with E-state index in [9.17, 15) is 4.79 Å². The number of nitrogens with zero attached hydrogens (tertiary/aromatic N) is 1. The van der Waals surface area contributed by atoms with Gasteiger partial charge in [-0.2, -0.15) is 0 Å². The van der Waals surface area contributed by atoms with Crippen molar-refractivity contribution in [3.05, 3.63) is 29.5 Å². The molecular weight excluding hydrogens is 256 g/mol. The quantitative estimate of drug-likeness (QED) is 0.904. The van der Waals surface area contributed by atoms with E-state index in [4.69, 9.17) is 15.2 Å². The van der Waals surface area contributed by atoms with Crippen LogP contribution >= 0.6 is 0 Å². The van der Waals surface area contributed by atoms with Gasteiger partial charge in [0.1, 0.15) is 17.0 Å². The fraction of sp³-hybridized carbons (Fsp3) is 0.333. The molecule has 0 bridgehead atoms. The monoisotopic (exact) mass is 274 g/mol. The molecule has 0 spiro atoms. The van der Waals surface area contributed by atoms with Crippen molar-refractivity contribution >= 4 is 16.8 Å². The summed E-state index contributed by atoms with van der Waals surface area (Å²) < 4.78 is 10.8. The van der Waals surface area contributed by atoms with Gasteiger partial charge in [-0.1, -0.05) is 0 Å². The van der Waals surface area contributed by atoms with Gasteiger partial charge in [0.2, 0.25) is 5.91 Å². The Morgan fingerprint density at radius 2 is 1.90 bits per heavy atom. The Bertz CT molecular complexity index is 653. The summed E-state index contributed by atoms with van der Waals surface area (Å²) in [5.41, 5.74) is 7.83. The molecule has 5 nitrogen and oxygen atoms in total. The highest BCUT2D eigenvalue weighted by Gasteiger charge is 2.14. The first-order valence-corrected chi connectivity index (χ1v) is 6.36. The minimum absolute atomic E-state index is 0.291. The molecular formula is C15H18N2O3. The van der Waals surface area contributed by atoms with Gasteiger partial charge in [-0.05, 0) is 37.1 Å². The molecule has 0 fully saturated rings. The number of hydrogen-bond donors (Lipinski definition) is 1. The van der Waals surface area contributed by atoms with Crippen molar-refractivity contribution in [2.24, 2.45) is 5.73 Å². The predicted octanol–water partition coefficient (Wildman–Crippen LogP) is 1.98. The van der Waals surface area contributed by atoms with E-state index in [-0.39, 0.29) is 5.91 Å². The van der Waals surface area contributed by atoms with Crippen molar-refractivity contribution in [3.8, 4) is 11.5 Å². The molecule has 1 aromatic carbocycles. The minimum Gasteiger partial charge on any atom is -0.496 e. The number of pyridine rings is 1. The Morgan fingerprint density at radius 1 is 1.25 bits per heavy atom. The number of rotatable bonds is 5. The number of methoxy groups -OCH3 is 2. The normalized spacial score (nSPS) is 10.6. The second kappa shape index (κ2) is 5.77. The largest absolute Gasteiger partial charge is 0.496 e. The third-order valence-corrected chi connectivity index (χ3v) is 3.18. The zero-order valence-electron chi connectivity index (χ0n) is 11.9. The molecule has 2 rings (SSSR count). The summed E-state index contributed by atoms with van der Waals surface area (Å²) in [7, 11) is 3.22. The molecule has 0 unspecified atom stereocenters. The summed E-state index contributed by atoms with van der Waals surface area (Å²) >= 11 is 0. The van der Waals surface area contributed by atoms with E-state index in [0.717, 1.165) is 22.2 Å². The second-order valence-corrected chi connectivity index (χ2v) is 4.58. The number of aryl methyl sites for hydroxylation is 2. The molecule has 2 aromatic rings. The number of aromatic nitrogens is 1. The van der Waals surface area contributed by atoms with Gasteiger partial charge in [0.15, 0.2) is 0 Å². The molecule has 0 aliphatic heterocycles. The lowest BCUT2D eigenvalue weighted by Gasteiger charge is -2.13. The van der Waals surface area contributed by atoms with Crippen molar-refractivity contribution in [1.29, 1.82) is 0 Å². The van der Waals surface area contributed by atoms with Gasteiger partial charge in [0, 0.05) is 17.5 Å². The summed E-state index contributed by atoms with van der Waals surface area (Å²) in [6.45, 7) is 1.91. The maximum Gasteiger partial charge on any atom is 0.217 e. The highest BCUT2D eigenvalue weighted by Crippen LogP contribution is 2.35. The molecule has 2 N–H and O–H groups in total. The molecule has 0 atom stereocenters. The minimum atomic E-state index is -0.325. The Kier molecular flexibility index (Phi) is 4.08. The molecule has 106 valence electrons. The van der Waals surface area contributed by atoms with E-state index in [1.165, 1.54) is 0 Å². The average molecular weight is 274 g/mol. The Morgan fingerprint density at radius 3 is 2.50 bits per heavy atom. The topological polar surface area (TPSA) is 74.4 Å². The molecule has 1 amide bonds. The third kappa shape index (κ3) is 2.66. The van der Waals surface area contributed by atoms with Crippen LogP contribution in [0.3, 0.4) is 0 Å². The van der Waals surface area contributed by atoms with Crippen molar-refractivity contribution in [3.63, 3.8) is 0 Å². The standard InChI is InChI=1S/C15H18N2O3/c1-9-8-10(4-7-13(16)18)14-11(19-2)5-6-12(20-3)15(14)17-9/h5-6,8H,4,7H2,1-3H3,(H2,16,18). The van der Waals surface area contributed by atoms with Crippen LogP contribution in [0.2, 0.25) is 0 Å². The van der Waals surface area contributed by atoms with Crippen LogP contribution in [-0.4, -0.2) is 25.1 Å². The second-order valence-electron chi connectivity index (χ2n) is 4.58. The van der Waals surface area contributed by atoms with Gasteiger partial charge in [-0.15, -0.1) is 0 Å². The number of nitrogens with two attached hydrogens (primary N) is 1. The summed E-state index contributed by atoms with van der Waals surface area (Å²) in [4.78, 5) is 15.5. The first-order chi connectivity index (χ1) is 9.56. The first-order valence-electron chi connectivity index (χ1n) is 6.36. The fourth-order valence-corrected chi connectivity index (χ4v) is 2.30. The lowest BCUT2D eigenvalue weighted by Crippen LogP contribution is -2.11. The number of fused-ring (bicyclic) bond motifs is 1. The SMILES string of the molecule is COc1ccc(OC)c2c(CCC(N)=O)cc(C)nc12. The molecule has 0 saturated carbocycles. The van der Waals surface area contributed by atoms with Crippen molar-refractivity contribution in [1.82, 2.24) is 4.98 Å². The zero-order valence-corrected chi connectivity index (χ0v) is 11.9. The Labute approximate surface area is 117 Å². The fourth-order valence-electron chi connectivity index (χ4n) is 2.30. The van der Waals surface area contributed by atoms with Crippen LogP contribution < -0.4 is 15.2 Å². The average Bonchev–Trinajstić information content (AvgIpc) is 2.43. The Hall–Kier alpha value is -2.30. The maximum absolute atomic E-state index is 11.0.